The van der Waals surface area contributed by atoms with Crippen molar-refractivity contribution in [2.24, 2.45) is 0 Å². The molecule has 4 heteroatoms. The van der Waals surface area contributed by atoms with Gasteiger partial charge in [0.2, 0.25) is 0 Å². The van der Waals surface area contributed by atoms with Crippen LogP contribution in [0.4, 0.5) is 4.39 Å². The van der Waals surface area contributed by atoms with E-state index in [1.807, 2.05) is 18.2 Å². The summed E-state index contributed by atoms with van der Waals surface area (Å²) < 4.78 is 13.5. The summed E-state index contributed by atoms with van der Waals surface area (Å²) in [6, 6.07) is 12.5. The molecule has 2 nitrogen and oxygen atoms in total. The molecule has 0 aliphatic heterocycles. The number of hydrogen-bond donors (Lipinski definition) is 1. The maximum absolute atomic E-state index is 13.2. The Morgan fingerprint density at radius 2 is 2.05 bits per heavy atom. The number of fused-ring (bicyclic) bond motifs is 1. The Labute approximate surface area is 125 Å². The minimum Gasteiger partial charge on any atom is -0.345 e. The van der Waals surface area contributed by atoms with Crippen molar-refractivity contribution in [3.8, 4) is 0 Å². The highest BCUT2D eigenvalue weighted by Crippen LogP contribution is 2.31. The van der Waals surface area contributed by atoms with Crippen molar-refractivity contribution < 1.29 is 9.18 Å². The third-order valence-corrected chi connectivity index (χ3v) is 4.23. The van der Waals surface area contributed by atoms with Crippen LogP contribution in [0.2, 0.25) is 0 Å². The summed E-state index contributed by atoms with van der Waals surface area (Å²) in [7, 11) is 0. The van der Waals surface area contributed by atoms with E-state index in [0.717, 1.165) is 12.8 Å². The van der Waals surface area contributed by atoms with Gasteiger partial charge in [-0.05, 0) is 58.1 Å². The molecule has 0 fully saturated rings. The van der Waals surface area contributed by atoms with Gasteiger partial charge in [0, 0.05) is 5.56 Å². The molecular formula is C16H13BrFNO. The summed E-state index contributed by atoms with van der Waals surface area (Å²) >= 11 is 3.10. The Kier molecular flexibility index (Phi) is 3.57. The molecule has 2 aromatic carbocycles. The lowest BCUT2D eigenvalue weighted by Crippen LogP contribution is -2.27. The lowest BCUT2D eigenvalue weighted by atomic mass is 10.1. The van der Waals surface area contributed by atoms with Crippen LogP contribution in [-0.2, 0) is 6.42 Å². The molecule has 1 aliphatic carbocycles. The van der Waals surface area contributed by atoms with Crippen LogP contribution in [-0.4, -0.2) is 5.91 Å². The lowest BCUT2D eigenvalue weighted by Gasteiger charge is -2.14. The monoisotopic (exact) mass is 333 g/mol. The molecule has 0 radical (unpaired) electrons. The van der Waals surface area contributed by atoms with Crippen LogP contribution in [0.5, 0.6) is 0 Å². The Morgan fingerprint density at radius 1 is 1.25 bits per heavy atom. The first-order chi connectivity index (χ1) is 9.65. The number of hydrogen-bond acceptors (Lipinski definition) is 1. The van der Waals surface area contributed by atoms with Crippen molar-refractivity contribution in [3.63, 3.8) is 0 Å². The first-order valence-electron chi connectivity index (χ1n) is 6.49. The fourth-order valence-electron chi connectivity index (χ4n) is 2.59. The fourth-order valence-corrected chi connectivity index (χ4v) is 2.96. The van der Waals surface area contributed by atoms with Gasteiger partial charge in [-0.15, -0.1) is 0 Å². The minimum absolute atomic E-state index is 0.0440. The minimum atomic E-state index is -0.368. The normalized spacial score (nSPS) is 16.8. The van der Waals surface area contributed by atoms with Gasteiger partial charge in [-0.25, -0.2) is 4.39 Å². The highest BCUT2D eigenvalue weighted by molar-refractivity contribution is 9.10. The van der Waals surface area contributed by atoms with E-state index in [1.54, 1.807) is 0 Å². The fraction of sp³-hybridized carbons (Fsp3) is 0.188. The van der Waals surface area contributed by atoms with Crippen molar-refractivity contribution in [1.29, 1.82) is 0 Å². The topological polar surface area (TPSA) is 29.1 Å². The van der Waals surface area contributed by atoms with Gasteiger partial charge in [0.05, 0.1) is 10.5 Å². The van der Waals surface area contributed by atoms with Crippen LogP contribution in [0.15, 0.2) is 46.9 Å². The molecule has 0 spiro atoms. The number of halogens is 2. The molecule has 1 amide bonds. The first-order valence-corrected chi connectivity index (χ1v) is 7.28. The molecule has 1 aliphatic rings. The van der Waals surface area contributed by atoms with Gasteiger partial charge in [-0.2, -0.15) is 0 Å². The zero-order valence-corrected chi connectivity index (χ0v) is 12.3. The molecule has 1 N–H and O–H groups in total. The molecule has 20 heavy (non-hydrogen) atoms. The lowest BCUT2D eigenvalue weighted by molar-refractivity contribution is 0.0936. The summed E-state index contributed by atoms with van der Waals surface area (Å²) in [6.07, 6.45) is 1.89. The van der Waals surface area contributed by atoms with Gasteiger partial charge in [0.15, 0.2) is 0 Å². The van der Waals surface area contributed by atoms with Crippen LogP contribution in [0, 0.1) is 5.82 Å². The predicted molar refractivity (Wildman–Crippen MR) is 79.1 cm³/mol. The molecule has 2 aromatic rings. The van der Waals surface area contributed by atoms with E-state index < -0.39 is 0 Å². The molecule has 102 valence electrons. The van der Waals surface area contributed by atoms with Gasteiger partial charge in [-0.3, -0.25) is 4.79 Å². The number of amides is 1. The molecular weight excluding hydrogens is 321 g/mol. The van der Waals surface area contributed by atoms with Gasteiger partial charge in [0.25, 0.3) is 5.91 Å². The SMILES string of the molecule is O=C(NC1CCc2ccccc21)c1ccc(F)c(Br)c1. The van der Waals surface area contributed by atoms with E-state index in [-0.39, 0.29) is 17.8 Å². The van der Waals surface area contributed by atoms with Gasteiger partial charge in [0.1, 0.15) is 5.82 Å². The number of nitrogens with one attached hydrogen (secondary N) is 1. The first kappa shape index (κ1) is 13.3. The van der Waals surface area contributed by atoms with E-state index in [0.29, 0.717) is 10.0 Å². The molecule has 1 atom stereocenters. The maximum Gasteiger partial charge on any atom is 0.251 e. The van der Waals surface area contributed by atoms with Crippen molar-refractivity contribution in [2.45, 2.75) is 18.9 Å². The molecule has 1 unspecified atom stereocenters. The van der Waals surface area contributed by atoms with Crippen LogP contribution < -0.4 is 5.32 Å². The number of aryl methyl sites for hydroxylation is 1. The summed E-state index contributed by atoms with van der Waals surface area (Å²) in [5.74, 6) is -0.542. The highest BCUT2D eigenvalue weighted by atomic mass is 79.9. The second-order valence-corrected chi connectivity index (χ2v) is 5.75. The van der Waals surface area contributed by atoms with E-state index in [9.17, 15) is 9.18 Å². The summed E-state index contributed by atoms with van der Waals surface area (Å²) in [5, 5.41) is 3.02. The van der Waals surface area contributed by atoms with Crippen LogP contribution >= 0.6 is 15.9 Å². The van der Waals surface area contributed by atoms with Crippen molar-refractivity contribution >= 4 is 21.8 Å². The number of rotatable bonds is 2. The van der Waals surface area contributed by atoms with Crippen LogP contribution in [0.3, 0.4) is 0 Å². The third-order valence-electron chi connectivity index (χ3n) is 3.62. The Balaban J connectivity index is 1.79. The van der Waals surface area contributed by atoms with Gasteiger partial charge < -0.3 is 5.32 Å². The molecule has 0 aromatic heterocycles. The molecule has 0 heterocycles. The van der Waals surface area contributed by atoms with E-state index in [4.69, 9.17) is 0 Å². The molecule has 3 rings (SSSR count). The second-order valence-electron chi connectivity index (χ2n) is 4.89. The molecule has 0 saturated heterocycles. The second kappa shape index (κ2) is 5.37. The quantitative estimate of drug-likeness (QED) is 0.884. The van der Waals surface area contributed by atoms with Crippen LogP contribution in [0.1, 0.15) is 33.9 Å². The average Bonchev–Trinajstić information content (AvgIpc) is 2.85. The number of carbonyl (C=O) groups is 1. The largest absolute Gasteiger partial charge is 0.345 e. The standard InChI is InChI=1S/C16H13BrFNO/c17-13-9-11(5-7-14(13)18)16(20)19-15-8-6-10-3-1-2-4-12(10)15/h1-5,7,9,15H,6,8H2,(H,19,20). The smallest absolute Gasteiger partial charge is 0.251 e. The molecule has 0 bridgehead atoms. The summed E-state index contributed by atoms with van der Waals surface area (Å²) in [4.78, 5) is 12.2. The zero-order valence-electron chi connectivity index (χ0n) is 10.7. The Bertz CT molecular complexity index is 671. The van der Waals surface area contributed by atoms with E-state index >= 15 is 0 Å². The maximum atomic E-state index is 13.2. The van der Waals surface area contributed by atoms with Crippen LogP contribution in [0.25, 0.3) is 0 Å². The van der Waals surface area contributed by atoms with Gasteiger partial charge in [-0.1, -0.05) is 24.3 Å². The van der Waals surface area contributed by atoms with Crippen molar-refractivity contribution in [2.75, 3.05) is 0 Å². The zero-order chi connectivity index (χ0) is 14.1. The average molecular weight is 334 g/mol. The van der Waals surface area contributed by atoms with E-state index in [1.165, 1.54) is 29.3 Å². The van der Waals surface area contributed by atoms with Gasteiger partial charge >= 0.3 is 0 Å². The third kappa shape index (κ3) is 2.48. The van der Waals surface area contributed by atoms with E-state index in [2.05, 4.69) is 27.3 Å². The summed E-state index contributed by atoms with van der Waals surface area (Å²) in [5.41, 5.74) is 2.93. The highest BCUT2D eigenvalue weighted by Gasteiger charge is 2.23. The summed E-state index contributed by atoms with van der Waals surface area (Å²) in [6.45, 7) is 0. The Morgan fingerprint density at radius 3 is 2.85 bits per heavy atom. The predicted octanol–water partition coefficient (Wildman–Crippen LogP) is 4.01. The Hall–Kier alpha value is -1.68. The number of carbonyl (C=O) groups excluding carboxylic acids is 1. The van der Waals surface area contributed by atoms with Crippen molar-refractivity contribution in [1.82, 2.24) is 5.32 Å². The molecule has 0 saturated carbocycles. The van der Waals surface area contributed by atoms with Crippen molar-refractivity contribution in [3.05, 3.63) is 69.4 Å². The number of benzene rings is 2.